The molecule has 2 heterocycles. The molecule has 1 aliphatic heterocycles. The van der Waals surface area contributed by atoms with Gasteiger partial charge in [-0.25, -0.2) is 8.42 Å². The monoisotopic (exact) mass is 361 g/mol. The Morgan fingerprint density at radius 2 is 1.96 bits per heavy atom. The first-order valence-corrected chi connectivity index (χ1v) is 9.68. The van der Waals surface area contributed by atoms with Crippen LogP contribution in [0.1, 0.15) is 5.56 Å². The number of likely N-dealkylation sites (N-methyl/N-ethyl adjacent to an activating group) is 1. The molecule has 0 bridgehead atoms. The fraction of sp³-hybridized carbons (Fsp3) is 0.389. The third-order valence-electron chi connectivity index (χ3n) is 4.48. The molecule has 1 aliphatic rings. The molecule has 1 unspecified atom stereocenters. The zero-order chi connectivity index (χ0) is 17.9. The Balaban J connectivity index is 1.90. The Kier molecular flexibility index (Phi) is 5.36. The van der Waals surface area contributed by atoms with Crippen molar-refractivity contribution >= 4 is 10.0 Å². The van der Waals surface area contributed by atoms with Crippen LogP contribution >= 0.6 is 0 Å². The summed E-state index contributed by atoms with van der Waals surface area (Å²) in [7, 11) is -0.0988. The van der Waals surface area contributed by atoms with E-state index in [1.807, 2.05) is 37.4 Å². The van der Waals surface area contributed by atoms with Crippen molar-refractivity contribution in [3.8, 4) is 5.75 Å². The quantitative estimate of drug-likeness (QED) is 0.810. The van der Waals surface area contributed by atoms with Gasteiger partial charge in [-0.05, 0) is 19.0 Å². The lowest BCUT2D eigenvalue weighted by Crippen LogP contribution is -2.54. The molecule has 0 amide bonds. The van der Waals surface area contributed by atoms with Crippen molar-refractivity contribution in [1.82, 2.24) is 14.2 Å². The van der Waals surface area contributed by atoms with E-state index in [-0.39, 0.29) is 10.9 Å². The maximum Gasteiger partial charge on any atom is 0.245 e. The lowest BCUT2D eigenvalue weighted by Gasteiger charge is -2.39. The minimum atomic E-state index is -3.62. The van der Waals surface area contributed by atoms with E-state index in [1.165, 1.54) is 25.6 Å². The second-order valence-corrected chi connectivity index (χ2v) is 8.17. The molecule has 25 heavy (non-hydrogen) atoms. The molecular weight excluding hydrogens is 338 g/mol. The third kappa shape index (κ3) is 4.00. The summed E-state index contributed by atoms with van der Waals surface area (Å²) in [4.78, 5) is 6.34. The van der Waals surface area contributed by atoms with E-state index in [0.29, 0.717) is 31.8 Å². The molecule has 1 atom stereocenters. The summed E-state index contributed by atoms with van der Waals surface area (Å²) in [6.07, 6.45) is 3.57. The third-order valence-corrected chi connectivity index (χ3v) is 6.39. The average molecular weight is 361 g/mol. The number of pyridine rings is 1. The summed E-state index contributed by atoms with van der Waals surface area (Å²) in [6, 6.07) is 11.4. The van der Waals surface area contributed by atoms with Crippen LogP contribution in [0.25, 0.3) is 0 Å². The molecule has 1 saturated heterocycles. The molecule has 0 aliphatic carbocycles. The number of hydrogen-bond acceptors (Lipinski definition) is 5. The molecule has 1 aromatic heterocycles. The van der Waals surface area contributed by atoms with Crippen LogP contribution < -0.4 is 4.74 Å². The van der Waals surface area contributed by atoms with E-state index < -0.39 is 10.0 Å². The predicted molar refractivity (Wildman–Crippen MR) is 96.1 cm³/mol. The predicted octanol–water partition coefficient (Wildman–Crippen LogP) is 1.64. The molecular formula is C18H23N3O3S. The van der Waals surface area contributed by atoms with E-state index in [0.717, 1.165) is 5.56 Å². The van der Waals surface area contributed by atoms with Gasteiger partial charge in [0.05, 0.1) is 13.3 Å². The van der Waals surface area contributed by atoms with Gasteiger partial charge in [-0.2, -0.15) is 4.31 Å². The molecule has 1 aromatic carbocycles. The highest BCUT2D eigenvalue weighted by atomic mass is 32.2. The van der Waals surface area contributed by atoms with E-state index in [9.17, 15) is 8.42 Å². The first-order chi connectivity index (χ1) is 12.0. The number of rotatable bonds is 5. The van der Waals surface area contributed by atoms with Gasteiger partial charge in [0, 0.05) is 37.9 Å². The van der Waals surface area contributed by atoms with Crippen LogP contribution in [0.4, 0.5) is 0 Å². The highest BCUT2D eigenvalue weighted by Crippen LogP contribution is 2.25. The van der Waals surface area contributed by atoms with Gasteiger partial charge in [0.1, 0.15) is 10.6 Å². The standard InChI is InChI=1S/C18H23N3O3S/c1-20-8-9-21(16(14-20)10-15-6-4-3-5-7-15)25(22,23)18-11-17(24-2)12-19-13-18/h3-7,11-13,16H,8-10,14H2,1-2H3. The van der Waals surface area contributed by atoms with Crippen molar-refractivity contribution in [1.29, 1.82) is 0 Å². The number of piperazine rings is 1. The highest BCUT2D eigenvalue weighted by Gasteiger charge is 2.35. The smallest absolute Gasteiger partial charge is 0.245 e. The number of benzene rings is 1. The first-order valence-electron chi connectivity index (χ1n) is 8.24. The van der Waals surface area contributed by atoms with Crippen molar-refractivity contribution in [2.45, 2.75) is 17.4 Å². The van der Waals surface area contributed by atoms with Crippen molar-refractivity contribution in [3.63, 3.8) is 0 Å². The summed E-state index contributed by atoms with van der Waals surface area (Å²) < 4.78 is 33.1. The number of aromatic nitrogens is 1. The molecule has 2 aromatic rings. The molecule has 134 valence electrons. The Morgan fingerprint density at radius 3 is 2.68 bits per heavy atom. The Morgan fingerprint density at radius 1 is 1.20 bits per heavy atom. The Labute approximate surface area is 149 Å². The van der Waals surface area contributed by atoms with Crippen LogP contribution in [-0.2, 0) is 16.4 Å². The van der Waals surface area contributed by atoms with Gasteiger partial charge < -0.3 is 9.64 Å². The van der Waals surface area contributed by atoms with Crippen LogP contribution in [0.3, 0.4) is 0 Å². The highest BCUT2D eigenvalue weighted by molar-refractivity contribution is 7.89. The minimum Gasteiger partial charge on any atom is -0.495 e. The number of sulfonamides is 1. The number of methoxy groups -OCH3 is 1. The van der Waals surface area contributed by atoms with Gasteiger partial charge in [-0.15, -0.1) is 0 Å². The van der Waals surface area contributed by atoms with Crippen LogP contribution in [0.15, 0.2) is 53.7 Å². The second-order valence-electron chi connectivity index (χ2n) is 6.28. The summed E-state index contributed by atoms with van der Waals surface area (Å²) in [6.45, 7) is 1.88. The Bertz CT molecular complexity index is 811. The van der Waals surface area contributed by atoms with Gasteiger partial charge >= 0.3 is 0 Å². The van der Waals surface area contributed by atoms with E-state index in [1.54, 1.807) is 4.31 Å². The van der Waals surface area contributed by atoms with E-state index in [2.05, 4.69) is 9.88 Å². The summed E-state index contributed by atoms with van der Waals surface area (Å²) >= 11 is 0. The summed E-state index contributed by atoms with van der Waals surface area (Å²) in [5.74, 6) is 0.440. The number of ether oxygens (including phenoxy) is 1. The molecule has 3 rings (SSSR count). The average Bonchev–Trinajstić information content (AvgIpc) is 2.62. The maximum absolute atomic E-state index is 13.2. The lowest BCUT2D eigenvalue weighted by atomic mass is 10.0. The van der Waals surface area contributed by atoms with Crippen LogP contribution in [0.2, 0.25) is 0 Å². The SMILES string of the molecule is COc1cncc(S(=O)(=O)N2CCN(C)CC2Cc2ccccc2)c1. The van der Waals surface area contributed by atoms with E-state index in [4.69, 9.17) is 4.74 Å². The van der Waals surface area contributed by atoms with Gasteiger partial charge in [0.25, 0.3) is 0 Å². The van der Waals surface area contributed by atoms with Crippen molar-refractivity contribution in [2.75, 3.05) is 33.8 Å². The van der Waals surface area contributed by atoms with Crippen molar-refractivity contribution in [3.05, 3.63) is 54.4 Å². The van der Waals surface area contributed by atoms with Crippen molar-refractivity contribution < 1.29 is 13.2 Å². The fourth-order valence-corrected chi connectivity index (χ4v) is 4.74. The zero-order valence-corrected chi connectivity index (χ0v) is 15.3. The van der Waals surface area contributed by atoms with Gasteiger partial charge in [-0.1, -0.05) is 30.3 Å². The Hall–Kier alpha value is -1.96. The lowest BCUT2D eigenvalue weighted by molar-refractivity contribution is 0.159. The molecule has 1 fully saturated rings. The maximum atomic E-state index is 13.2. The first kappa shape index (κ1) is 17.8. The van der Waals surface area contributed by atoms with Crippen LogP contribution in [0, 0.1) is 0 Å². The van der Waals surface area contributed by atoms with Gasteiger partial charge in [0.2, 0.25) is 10.0 Å². The molecule has 7 heteroatoms. The normalized spacial score (nSPS) is 19.7. The zero-order valence-electron chi connectivity index (χ0n) is 14.5. The molecule has 0 spiro atoms. The topological polar surface area (TPSA) is 62.7 Å². The molecule has 0 N–H and O–H groups in total. The van der Waals surface area contributed by atoms with Gasteiger partial charge in [-0.3, -0.25) is 4.98 Å². The van der Waals surface area contributed by atoms with E-state index >= 15 is 0 Å². The minimum absolute atomic E-state index is 0.114. The summed E-state index contributed by atoms with van der Waals surface area (Å²) in [5, 5.41) is 0. The number of nitrogens with zero attached hydrogens (tertiary/aromatic N) is 3. The van der Waals surface area contributed by atoms with Gasteiger partial charge in [0.15, 0.2) is 0 Å². The van der Waals surface area contributed by atoms with Crippen molar-refractivity contribution in [2.24, 2.45) is 0 Å². The fourth-order valence-electron chi connectivity index (χ4n) is 3.15. The van der Waals surface area contributed by atoms with Crippen LogP contribution in [0.5, 0.6) is 5.75 Å². The summed E-state index contributed by atoms with van der Waals surface area (Å²) in [5.41, 5.74) is 1.13. The second kappa shape index (κ2) is 7.51. The molecule has 6 nitrogen and oxygen atoms in total. The molecule has 0 radical (unpaired) electrons. The largest absolute Gasteiger partial charge is 0.495 e. The number of hydrogen-bond donors (Lipinski definition) is 0. The van der Waals surface area contributed by atoms with Crippen LogP contribution in [-0.4, -0.2) is 62.4 Å². The molecule has 0 saturated carbocycles.